The summed E-state index contributed by atoms with van der Waals surface area (Å²) in [6.45, 7) is 5.85. The summed E-state index contributed by atoms with van der Waals surface area (Å²) in [5, 5.41) is 3.06. The van der Waals surface area contributed by atoms with E-state index in [1.165, 1.54) is 0 Å². The van der Waals surface area contributed by atoms with Crippen molar-refractivity contribution in [2.75, 3.05) is 12.0 Å². The van der Waals surface area contributed by atoms with E-state index in [2.05, 4.69) is 11.6 Å². The molecular weight excluding hydrogens is 290 g/mol. The van der Waals surface area contributed by atoms with E-state index in [1.807, 2.05) is 20.8 Å². The van der Waals surface area contributed by atoms with Crippen LogP contribution in [0, 0.1) is 0 Å². The molecule has 20 heavy (non-hydrogen) atoms. The SMILES string of the molecule is CSCC[C@@H](C)NC(=O)c1ccc([S@@](=O)C(C)C)cc1. The van der Waals surface area contributed by atoms with Gasteiger partial charge in [-0.3, -0.25) is 9.00 Å². The van der Waals surface area contributed by atoms with Crippen molar-refractivity contribution in [1.29, 1.82) is 0 Å². The maximum atomic E-state index is 12.0. The molecular formula is C15H23NO2S2. The van der Waals surface area contributed by atoms with Gasteiger partial charge in [0.2, 0.25) is 0 Å². The van der Waals surface area contributed by atoms with Crippen molar-refractivity contribution >= 4 is 28.5 Å². The predicted octanol–water partition coefficient (Wildman–Crippen LogP) is 3.07. The van der Waals surface area contributed by atoms with Crippen molar-refractivity contribution in [2.24, 2.45) is 0 Å². The number of benzene rings is 1. The first-order valence-corrected chi connectivity index (χ1v) is 9.36. The van der Waals surface area contributed by atoms with Crippen molar-refractivity contribution in [2.45, 2.75) is 43.4 Å². The zero-order chi connectivity index (χ0) is 15.1. The van der Waals surface area contributed by atoms with Crippen molar-refractivity contribution in [3.8, 4) is 0 Å². The molecule has 112 valence electrons. The number of carbonyl (C=O) groups excluding carboxylic acids is 1. The van der Waals surface area contributed by atoms with Gasteiger partial charge in [-0.1, -0.05) is 13.8 Å². The molecule has 0 saturated carbocycles. The summed E-state index contributed by atoms with van der Waals surface area (Å²) in [7, 11) is -1.01. The lowest BCUT2D eigenvalue weighted by Crippen LogP contribution is -2.32. The van der Waals surface area contributed by atoms with E-state index >= 15 is 0 Å². The van der Waals surface area contributed by atoms with Gasteiger partial charge < -0.3 is 5.32 Å². The number of amides is 1. The zero-order valence-corrected chi connectivity index (χ0v) is 14.1. The van der Waals surface area contributed by atoms with E-state index < -0.39 is 10.8 Å². The molecule has 0 radical (unpaired) electrons. The normalized spacial score (nSPS) is 14.1. The molecule has 0 fully saturated rings. The number of carbonyl (C=O) groups is 1. The van der Waals surface area contributed by atoms with Gasteiger partial charge in [0.25, 0.3) is 5.91 Å². The fraction of sp³-hybridized carbons (Fsp3) is 0.533. The molecule has 1 aromatic rings. The van der Waals surface area contributed by atoms with Gasteiger partial charge in [-0.2, -0.15) is 11.8 Å². The summed E-state index contributed by atoms with van der Waals surface area (Å²) in [6.07, 6.45) is 3.02. The molecule has 3 nitrogen and oxygen atoms in total. The Bertz CT molecular complexity index is 457. The Morgan fingerprint density at radius 2 is 1.85 bits per heavy atom. The van der Waals surface area contributed by atoms with E-state index in [0.29, 0.717) is 5.56 Å². The Morgan fingerprint density at radius 3 is 2.35 bits per heavy atom. The van der Waals surface area contributed by atoms with Crippen LogP contribution in [-0.4, -0.2) is 33.4 Å². The minimum Gasteiger partial charge on any atom is -0.350 e. The van der Waals surface area contributed by atoms with Crippen LogP contribution >= 0.6 is 11.8 Å². The lowest BCUT2D eigenvalue weighted by atomic mass is 10.2. The highest BCUT2D eigenvalue weighted by Crippen LogP contribution is 2.13. The van der Waals surface area contributed by atoms with Crippen LogP contribution in [-0.2, 0) is 10.8 Å². The smallest absolute Gasteiger partial charge is 0.251 e. The third-order valence-electron chi connectivity index (χ3n) is 2.91. The highest BCUT2D eigenvalue weighted by Gasteiger charge is 2.12. The summed E-state index contributed by atoms with van der Waals surface area (Å²) in [4.78, 5) is 12.8. The van der Waals surface area contributed by atoms with Gasteiger partial charge in [-0.05, 0) is 49.6 Å². The summed E-state index contributed by atoms with van der Waals surface area (Å²) in [5.74, 6) is 0.966. The van der Waals surface area contributed by atoms with Gasteiger partial charge in [-0.25, -0.2) is 0 Å². The summed E-state index contributed by atoms with van der Waals surface area (Å²) >= 11 is 1.78. The van der Waals surface area contributed by atoms with E-state index in [1.54, 1.807) is 36.0 Å². The fourth-order valence-corrected chi connectivity index (χ4v) is 3.22. The molecule has 1 aromatic carbocycles. The van der Waals surface area contributed by atoms with Crippen LogP contribution in [0.25, 0.3) is 0 Å². The van der Waals surface area contributed by atoms with Gasteiger partial charge >= 0.3 is 0 Å². The molecule has 5 heteroatoms. The predicted molar refractivity (Wildman–Crippen MR) is 87.9 cm³/mol. The number of thioether (sulfide) groups is 1. The van der Waals surface area contributed by atoms with Gasteiger partial charge in [0.15, 0.2) is 0 Å². The molecule has 0 aliphatic carbocycles. The maximum absolute atomic E-state index is 12.0. The van der Waals surface area contributed by atoms with Crippen molar-refractivity contribution in [3.63, 3.8) is 0 Å². The number of hydrogen-bond donors (Lipinski definition) is 1. The Labute approximate surface area is 128 Å². The number of hydrogen-bond acceptors (Lipinski definition) is 3. The quantitative estimate of drug-likeness (QED) is 0.841. The zero-order valence-electron chi connectivity index (χ0n) is 12.5. The average molecular weight is 313 g/mol. The first kappa shape index (κ1) is 17.2. The van der Waals surface area contributed by atoms with Crippen LogP contribution in [0.4, 0.5) is 0 Å². The Morgan fingerprint density at radius 1 is 1.25 bits per heavy atom. The van der Waals surface area contributed by atoms with E-state index in [0.717, 1.165) is 17.1 Å². The molecule has 0 bridgehead atoms. The molecule has 1 rings (SSSR count). The molecule has 0 aromatic heterocycles. The second-order valence-electron chi connectivity index (χ2n) is 5.03. The number of nitrogens with one attached hydrogen (secondary N) is 1. The van der Waals surface area contributed by atoms with Gasteiger partial charge in [0.05, 0.1) is 10.8 Å². The summed E-state index contributed by atoms with van der Waals surface area (Å²) in [6, 6.07) is 7.20. The largest absolute Gasteiger partial charge is 0.350 e. The van der Waals surface area contributed by atoms with Crippen LogP contribution in [0.3, 0.4) is 0 Å². The van der Waals surface area contributed by atoms with Gasteiger partial charge in [-0.15, -0.1) is 0 Å². The van der Waals surface area contributed by atoms with Crippen LogP contribution in [0.5, 0.6) is 0 Å². The highest BCUT2D eigenvalue weighted by molar-refractivity contribution is 7.98. The van der Waals surface area contributed by atoms with Crippen LogP contribution in [0.15, 0.2) is 29.2 Å². The monoisotopic (exact) mass is 313 g/mol. The molecule has 1 amide bonds. The van der Waals surface area contributed by atoms with E-state index in [-0.39, 0.29) is 17.2 Å². The molecule has 0 heterocycles. The van der Waals surface area contributed by atoms with E-state index in [4.69, 9.17) is 0 Å². The lowest BCUT2D eigenvalue weighted by molar-refractivity contribution is 0.0939. The van der Waals surface area contributed by atoms with Crippen LogP contribution < -0.4 is 5.32 Å². The Balaban J connectivity index is 2.64. The molecule has 0 unspecified atom stereocenters. The van der Waals surface area contributed by atoms with Crippen LogP contribution in [0.2, 0.25) is 0 Å². The maximum Gasteiger partial charge on any atom is 0.251 e. The molecule has 2 atom stereocenters. The lowest BCUT2D eigenvalue weighted by Gasteiger charge is -2.13. The topological polar surface area (TPSA) is 46.2 Å². The van der Waals surface area contributed by atoms with Crippen molar-refractivity contribution < 1.29 is 9.00 Å². The second kappa shape index (κ2) is 8.47. The van der Waals surface area contributed by atoms with Gasteiger partial charge in [0, 0.05) is 21.8 Å². The first-order chi connectivity index (χ1) is 9.45. The summed E-state index contributed by atoms with van der Waals surface area (Å²) in [5.41, 5.74) is 0.616. The summed E-state index contributed by atoms with van der Waals surface area (Å²) < 4.78 is 11.9. The fourth-order valence-electron chi connectivity index (χ4n) is 1.69. The van der Waals surface area contributed by atoms with Crippen LogP contribution in [0.1, 0.15) is 37.6 Å². The Hall–Kier alpha value is -0.810. The van der Waals surface area contributed by atoms with E-state index in [9.17, 15) is 9.00 Å². The second-order valence-corrected chi connectivity index (χ2v) is 8.02. The molecule has 0 aliphatic heterocycles. The van der Waals surface area contributed by atoms with Crippen molar-refractivity contribution in [1.82, 2.24) is 5.32 Å². The third kappa shape index (κ3) is 5.29. The highest BCUT2D eigenvalue weighted by atomic mass is 32.2. The Kier molecular flexibility index (Phi) is 7.30. The van der Waals surface area contributed by atoms with Gasteiger partial charge in [0.1, 0.15) is 0 Å². The minimum absolute atomic E-state index is 0.0690. The molecule has 0 spiro atoms. The minimum atomic E-state index is -1.01. The first-order valence-electron chi connectivity index (χ1n) is 6.76. The third-order valence-corrected chi connectivity index (χ3v) is 5.15. The molecule has 1 N–H and O–H groups in total. The molecule has 0 aliphatic rings. The standard InChI is InChI=1S/C15H23NO2S2/c1-11(2)20(18)14-7-5-13(6-8-14)15(17)16-12(3)9-10-19-4/h5-8,11-12H,9-10H2,1-4H3,(H,16,17)/t12-,20+/m1/s1. The van der Waals surface area contributed by atoms with Crippen molar-refractivity contribution in [3.05, 3.63) is 29.8 Å². The average Bonchev–Trinajstić information content (AvgIpc) is 2.44. The number of rotatable bonds is 7. The molecule has 0 saturated heterocycles.